The number of rotatable bonds is 5. The zero-order valence-corrected chi connectivity index (χ0v) is 18.9. The van der Waals surface area contributed by atoms with Crippen molar-refractivity contribution in [3.63, 3.8) is 0 Å². The molecule has 30 heavy (non-hydrogen) atoms. The van der Waals surface area contributed by atoms with Crippen LogP contribution in [0, 0.1) is 3.57 Å². The van der Waals surface area contributed by atoms with E-state index in [1.165, 1.54) is 4.80 Å². The largest absolute Gasteiger partial charge is 0.358 e. The number of nitrogens with one attached hydrogen (secondary N) is 3. The van der Waals surface area contributed by atoms with Gasteiger partial charge in [0, 0.05) is 24.5 Å². The van der Waals surface area contributed by atoms with Gasteiger partial charge in [-0.1, -0.05) is 12.1 Å². The molecule has 3 N–H and O–H groups in total. The van der Waals surface area contributed by atoms with E-state index in [1.807, 2.05) is 24.3 Å². The molecule has 0 saturated heterocycles. The standard InChI is InChI=1S/C20H20IN7OS/c21-14-12-22-9-8-15(14)26-20(30)27-17-6-3-5-16(17)25-19(29)13-4-1-2-7-18(13)28-23-10-11-24-28/h1-2,4,7-12,16-17H,3,5-6H2,(H,25,29)(H2,22,26,27,30)/t16-,17+/m1/s1. The number of pyridine rings is 1. The second kappa shape index (κ2) is 9.47. The zero-order chi connectivity index (χ0) is 20.9. The van der Waals surface area contributed by atoms with Crippen LogP contribution in [-0.4, -0.2) is 43.1 Å². The molecule has 1 saturated carbocycles. The Morgan fingerprint density at radius 1 is 1.07 bits per heavy atom. The van der Waals surface area contributed by atoms with Gasteiger partial charge in [0.25, 0.3) is 5.91 Å². The van der Waals surface area contributed by atoms with E-state index >= 15 is 0 Å². The highest BCUT2D eigenvalue weighted by Crippen LogP contribution is 2.22. The minimum Gasteiger partial charge on any atom is -0.358 e. The van der Waals surface area contributed by atoms with Gasteiger partial charge in [0.05, 0.1) is 32.9 Å². The van der Waals surface area contributed by atoms with Gasteiger partial charge in [-0.25, -0.2) is 0 Å². The smallest absolute Gasteiger partial charge is 0.253 e. The maximum Gasteiger partial charge on any atom is 0.253 e. The molecule has 154 valence electrons. The van der Waals surface area contributed by atoms with E-state index in [0.717, 1.165) is 28.5 Å². The van der Waals surface area contributed by atoms with Crippen LogP contribution in [0.25, 0.3) is 5.69 Å². The first kappa shape index (κ1) is 20.7. The van der Waals surface area contributed by atoms with Crippen LogP contribution >= 0.6 is 34.8 Å². The zero-order valence-electron chi connectivity index (χ0n) is 16.0. The van der Waals surface area contributed by atoms with Crippen molar-refractivity contribution in [1.29, 1.82) is 0 Å². The molecule has 1 aliphatic rings. The van der Waals surface area contributed by atoms with Crippen LogP contribution in [0.4, 0.5) is 5.69 Å². The third-order valence-corrected chi connectivity index (χ3v) is 6.03. The third kappa shape index (κ3) is 4.75. The molecule has 4 rings (SSSR count). The number of carbonyl (C=O) groups excluding carboxylic acids is 1. The van der Waals surface area contributed by atoms with E-state index in [-0.39, 0.29) is 18.0 Å². The lowest BCUT2D eigenvalue weighted by Crippen LogP contribution is -2.49. The number of hydrogen-bond donors (Lipinski definition) is 3. The molecule has 0 bridgehead atoms. The monoisotopic (exact) mass is 533 g/mol. The lowest BCUT2D eigenvalue weighted by molar-refractivity contribution is 0.0933. The van der Waals surface area contributed by atoms with Crippen LogP contribution < -0.4 is 16.0 Å². The fourth-order valence-corrected chi connectivity index (χ4v) is 4.27. The Kier molecular flexibility index (Phi) is 6.53. The molecule has 0 spiro atoms. The number of hydrogen-bond acceptors (Lipinski definition) is 5. The Morgan fingerprint density at radius 3 is 2.57 bits per heavy atom. The Hall–Kier alpha value is -2.60. The second-order valence-electron chi connectivity index (χ2n) is 6.91. The average molecular weight is 533 g/mol. The minimum atomic E-state index is -0.149. The summed E-state index contributed by atoms with van der Waals surface area (Å²) < 4.78 is 0.986. The molecule has 0 aliphatic heterocycles. The highest BCUT2D eigenvalue weighted by atomic mass is 127. The molecule has 1 aromatic carbocycles. The van der Waals surface area contributed by atoms with Crippen molar-refractivity contribution < 1.29 is 4.79 Å². The molecule has 1 amide bonds. The summed E-state index contributed by atoms with van der Waals surface area (Å²) in [6.07, 6.45) is 9.50. The van der Waals surface area contributed by atoms with Crippen molar-refractivity contribution in [2.24, 2.45) is 0 Å². The Balaban J connectivity index is 1.42. The van der Waals surface area contributed by atoms with Crippen LogP contribution in [0.1, 0.15) is 29.6 Å². The fourth-order valence-electron chi connectivity index (χ4n) is 3.54. The van der Waals surface area contributed by atoms with Gasteiger partial charge in [-0.2, -0.15) is 15.0 Å². The van der Waals surface area contributed by atoms with Gasteiger partial charge in [-0.15, -0.1) is 0 Å². The maximum absolute atomic E-state index is 13.0. The molecule has 0 radical (unpaired) electrons. The number of thiocarbonyl (C=S) groups is 1. The molecule has 2 atom stereocenters. The summed E-state index contributed by atoms with van der Waals surface area (Å²) in [5.41, 5.74) is 2.08. The van der Waals surface area contributed by atoms with Crippen molar-refractivity contribution in [2.45, 2.75) is 31.3 Å². The minimum absolute atomic E-state index is 0.0209. The molecule has 10 heteroatoms. The van der Waals surface area contributed by atoms with Gasteiger partial charge in [0.2, 0.25) is 0 Å². The second-order valence-corrected chi connectivity index (χ2v) is 8.48. The summed E-state index contributed by atoms with van der Waals surface area (Å²) >= 11 is 7.70. The Morgan fingerprint density at radius 2 is 1.80 bits per heavy atom. The Bertz CT molecular complexity index is 1040. The number of para-hydroxylation sites is 1. The summed E-state index contributed by atoms with van der Waals surface area (Å²) in [6.45, 7) is 0. The van der Waals surface area contributed by atoms with E-state index in [0.29, 0.717) is 16.4 Å². The van der Waals surface area contributed by atoms with Gasteiger partial charge in [0.15, 0.2) is 5.11 Å². The van der Waals surface area contributed by atoms with Gasteiger partial charge in [0.1, 0.15) is 0 Å². The van der Waals surface area contributed by atoms with Crippen molar-refractivity contribution in [3.8, 4) is 5.69 Å². The van der Waals surface area contributed by atoms with Crippen molar-refractivity contribution >= 4 is 51.5 Å². The van der Waals surface area contributed by atoms with Crippen LogP contribution in [-0.2, 0) is 0 Å². The quantitative estimate of drug-likeness (QED) is 0.343. The van der Waals surface area contributed by atoms with Crippen molar-refractivity contribution in [3.05, 3.63) is 64.3 Å². The molecule has 2 aromatic heterocycles. The summed E-state index contributed by atoms with van der Waals surface area (Å²) in [4.78, 5) is 18.6. The molecular formula is C20H20IN7OS. The number of benzene rings is 1. The molecule has 8 nitrogen and oxygen atoms in total. The topological polar surface area (TPSA) is 96.8 Å². The van der Waals surface area contributed by atoms with Crippen LogP contribution in [0.3, 0.4) is 0 Å². The van der Waals surface area contributed by atoms with Gasteiger partial charge in [-0.05, 0) is 72.3 Å². The molecule has 2 heterocycles. The van der Waals surface area contributed by atoms with Crippen LogP contribution in [0.2, 0.25) is 0 Å². The molecular weight excluding hydrogens is 513 g/mol. The van der Waals surface area contributed by atoms with E-state index in [2.05, 4.69) is 53.7 Å². The van der Waals surface area contributed by atoms with Crippen LogP contribution in [0.5, 0.6) is 0 Å². The summed E-state index contributed by atoms with van der Waals surface area (Å²) in [7, 11) is 0. The molecule has 1 aliphatic carbocycles. The van der Waals surface area contributed by atoms with Crippen LogP contribution in [0.15, 0.2) is 55.1 Å². The number of amides is 1. The molecule has 3 aromatic rings. The van der Waals surface area contributed by atoms with Gasteiger partial charge in [-0.3, -0.25) is 9.78 Å². The van der Waals surface area contributed by atoms with E-state index < -0.39 is 0 Å². The SMILES string of the molecule is O=C(N[C@@H]1CCC[C@@H]1NC(=S)Nc1ccncc1I)c1ccccc1-n1nccn1. The fraction of sp³-hybridized carbons (Fsp3) is 0.250. The maximum atomic E-state index is 13.0. The van der Waals surface area contributed by atoms with Crippen molar-refractivity contribution in [2.75, 3.05) is 5.32 Å². The predicted molar refractivity (Wildman–Crippen MR) is 127 cm³/mol. The molecule has 0 unspecified atom stereocenters. The highest BCUT2D eigenvalue weighted by Gasteiger charge is 2.30. The van der Waals surface area contributed by atoms with Gasteiger partial charge < -0.3 is 16.0 Å². The predicted octanol–water partition coefficient (Wildman–Crippen LogP) is 2.90. The third-order valence-electron chi connectivity index (χ3n) is 4.95. The number of nitrogens with zero attached hydrogens (tertiary/aromatic N) is 4. The number of aromatic nitrogens is 4. The van der Waals surface area contributed by atoms with Gasteiger partial charge >= 0.3 is 0 Å². The van der Waals surface area contributed by atoms with E-state index in [9.17, 15) is 4.79 Å². The van der Waals surface area contributed by atoms with E-state index in [1.54, 1.807) is 30.9 Å². The normalized spacial score (nSPS) is 18.0. The number of carbonyl (C=O) groups is 1. The molecule has 1 fully saturated rings. The number of halogens is 1. The summed E-state index contributed by atoms with van der Waals surface area (Å²) in [5, 5.41) is 18.5. The average Bonchev–Trinajstić information content (AvgIpc) is 3.42. The lowest BCUT2D eigenvalue weighted by Gasteiger charge is -2.24. The highest BCUT2D eigenvalue weighted by molar-refractivity contribution is 14.1. The lowest BCUT2D eigenvalue weighted by atomic mass is 10.1. The van der Waals surface area contributed by atoms with Crippen molar-refractivity contribution in [1.82, 2.24) is 30.6 Å². The van der Waals surface area contributed by atoms with E-state index in [4.69, 9.17) is 12.2 Å². The summed E-state index contributed by atoms with van der Waals surface area (Å²) in [5.74, 6) is -0.149. The first-order chi connectivity index (χ1) is 14.6. The summed E-state index contributed by atoms with van der Waals surface area (Å²) in [6, 6.07) is 9.22. The first-order valence-corrected chi connectivity index (χ1v) is 11.0. The number of anilines is 1. The first-order valence-electron chi connectivity index (χ1n) is 9.55. The Labute approximate surface area is 193 Å².